The summed E-state index contributed by atoms with van der Waals surface area (Å²) < 4.78 is 38.3. The molecule has 4 aromatic rings. The minimum atomic E-state index is -3.77. The number of carbonyl (C=O) groups is 1. The predicted octanol–water partition coefficient (Wildman–Crippen LogP) is 3.93. The number of furan rings is 1. The van der Waals surface area contributed by atoms with E-state index in [0.29, 0.717) is 17.2 Å². The van der Waals surface area contributed by atoms with Crippen LogP contribution in [0.4, 0.5) is 5.69 Å². The highest BCUT2D eigenvalue weighted by Crippen LogP contribution is 2.25. The van der Waals surface area contributed by atoms with Crippen LogP contribution in [-0.4, -0.2) is 20.9 Å². The molecule has 4 rings (SSSR count). The number of rotatable bonds is 8. The summed E-state index contributed by atoms with van der Waals surface area (Å²) in [6, 6.07) is 22.7. The van der Waals surface area contributed by atoms with Gasteiger partial charge in [-0.05, 0) is 41.8 Å². The van der Waals surface area contributed by atoms with E-state index in [1.54, 1.807) is 30.3 Å². The van der Waals surface area contributed by atoms with Gasteiger partial charge in [0.2, 0.25) is 10.0 Å². The first-order valence-corrected chi connectivity index (χ1v) is 11.0. The molecule has 1 aromatic heterocycles. The van der Waals surface area contributed by atoms with Gasteiger partial charge in [-0.15, -0.1) is 0 Å². The second-order valence-corrected chi connectivity index (χ2v) is 8.51. The van der Waals surface area contributed by atoms with E-state index in [1.165, 1.54) is 18.4 Å². The Morgan fingerprint density at radius 1 is 0.935 bits per heavy atom. The lowest BCUT2D eigenvalue weighted by atomic mass is 10.1. The van der Waals surface area contributed by atoms with Crippen LogP contribution in [0.5, 0.6) is 5.75 Å². The summed E-state index contributed by atoms with van der Waals surface area (Å²) in [7, 11) is -3.77. The van der Waals surface area contributed by atoms with Gasteiger partial charge < -0.3 is 14.5 Å². The van der Waals surface area contributed by atoms with Crippen LogP contribution in [0.25, 0.3) is 10.8 Å². The number of sulfonamides is 1. The first-order valence-electron chi connectivity index (χ1n) is 9.54. The number of hydrogen-bond donors (Lipinski definition) is 2. The molecule has 0 radical (unpaired) electrons. The summed E-state index contributed by atoms with van der Waals surface area (Å²) in [5, 5.41) is 4.59. The van der Waals surface area contributed by atoms with Crippen LogP contribution in [0.3, 0.4) is 0 Å². The lowest BCUT2D eigenvalue weighted by Gasteiger charge is -2.11. The molecule has 7 nitrogen and oxygen atoms in total. The second kappa shape index (κ2) is 9.03. The summed E-state index contributed by atoms with van der Waals surface area (Å²) in [6.07, 6.45) is 1.47. The van der Waals surface area contributed by atoms with Crippen molar-refractivity contribution in [2.24, 2.45) is 0 Å². The van der Waals surface area contributed by atoms with E-state index in [9.17, 15) is 13.2 Å². The second-order valence-electron chi connectivity index (χ2n) is 6.75. The van der Waals surface area contributed by atoms with E-state index in [1.807, 2.05) is 36.4 Å². The third kappa shape index (κ3) is 5.11. The Bertz CT molecular complexity index is 1300. The van der Waals surface area contributed by atoms with Gasteiger partial charge in [-0.1, -0.05) is 42.5 Å². The predicted molar refractivity (Wildman–Crippen MR) is 117 cm³/mol. The van der Waals surface area contributed by atoms with E-state index < -0.39 is 15.9 Å². The molecule has 0 spiro atoms. The first-order chi connectivity index (χ1) is 15.0. The van der Waals surface area contributed by atoms with Gasteiger partial charge in [0.25, 0.3) is 5.91 Å². The molecule has 158 valence electrons. The van der Waals surface area contributed by atoms with Crippen molar-refractivity contribution < 1.29 is 22.4 Å². The molecule has 0 fully saturated rings. The highest BCUT2D eigenvalue weighted by Gasteiger charge is 2.15. The van der Waals surface area contributed by atoms with Crippen molar-refractivity contribution >= 4 is 32.4 Å². The molecule has 0 aliphatic rings. The Morgan fingerprint density at radius 2 is 1.74 bits per heavy atom. The van der Waals surface area contributed by atoms with Crippen LogP contribution in [-0.2, 0) is 21.4 Å². The topological polar surface area (TPSA) is 97.6 Å². The van der Waals surface area contributed by atoms with Crippen LogP contribution in [0, 0.1) is 0 Å². The smallest absolute Gasteiger partial charge is 0.262 e. The monoisotopic (exact) mass is 436 g/mol. The van der Waals surface area contributed by atoms with E-state index in [4.69, 9.17) is 9.15 Å². The molecule has 0 unspecified atom stereocenters. The molecule has 8 heteroatoms. The third-order valence-corrected chi connectivity index (χ3v) is 5.95. The van der Waals surface area contributed by atoms with Gasteiger partial charge in [-0.25, -0.2) is 13.1 Å². The van der Waals surface area contributed by atoms with Crippen molar-refractivity contribution in [2.75, 3.05) is 11.9 Å². The average Bonchev–Trinajstić information content (AvgIpc) is 3.30. The van der Waals surface area contributed by atoms with E-state index >= 15 is 0 Å². The number of amides is 1. The maximum Gasteiger partial charge on any atom is 0.262 e. The van der Waals surface area contributed by atoms with Crippen molar-refractivity contribution in [1.29, 1.82) is 0 Å². The van der Waals surface area contributed by atoms with Gasteiger partial charge in [0.1, 0.15) is 11.5 Å². The zero-order chi connectivity index (χ0) is 21.7. The molecule has 1 amide bonds. The van der Waals surface area contributed by atoms with E-state index in [2.05, 4.69) is 10.0 Å². The average molecular weight is 436 g/mol. The lowest BCUT2D eigenvalue weighted by Crippen LogP contribution is -2.24. The molecular formula is C23H20N2O5S. The summed E-state index contributed by atoms with van der Waals surface area (Å²) in [5.74, 6) is 0.705. The van der Waals surface area contributed by atoms with Crippen molar-refractivity contribution in [3.63, 3.8) is 0 Å². The van der Waals surface area contributed by atoms with Crippen molar-refractivity contribution in [3.05, 3.63) is 90.9 Å². The Labute approximate surface area is 179 Å². The van der Waals surface area contributed by atoms with Gasteiger partial charge in [0.05, 0.1) is 17.7 Å². The molecule has 0 bridgehead atoms. The molecule has 0 aliphatic heterocycles. The molecular weight excluding hydrogens is 416 g/mol. The van der Waals surface area contributed by atoms with Crippen LogP contribution in [0.15, 0.2) is 94.4 Å². The fourth-order valence-corrected chi connectivity index (χ4v) is 4.10. The molecule has 3 aromatic carbocycles. The van der Waals surface area contributed by atoms with Gasteiger partial charge in [0, 0.05) is 11.1 Å². The van der Waals surface area contributed by atoms with Crippen molar-refractivity contribution in [3.8, 4) is 5.75 Å². The zero-order valence-corrected chi connectivity index (χ0v) is 17.3. The summed E-state index contributed by atoms with van der Waals surface area (Å²) in [5.41, 5.74) is 0.354. The number of benzene rings is 3. The standard InChI is InChI=1S/C23H20N2O5S/c26-23(16-30-22-12-3-7-17-6-1-2-11-21(17)22)25-18-8-4-10-20(14-18)31(27,28)24-15-19-9-5-13-29-19/h1-14,24H,15-16H2,(H,25,26). The van der Waals surface area contributed by atoms with Gasteiger partial charge in [0.15, 0.2) is 6.61 Å². The number of hydrogen-bond acceptors (Lipinski definition) is 5. The minimum absolute atomic E-state index is 0.0325. The number of ether oxygens (including phenoxy) is 1. The van der Waals surface area contributed by atoms with Gasteiger partial charge in [-0.3, -0.25) is 4.79 Å². The number of nitrogens with one attached hydrogen (secondary N) is 2. The van der Waals surface area contributed by atoms with Gasteiger partial charge in [-0.2, -0.15) is 0 Å². The SMILES string of the molecule is O=C(COc1cccc2ccccc12)Nc1cccc(S(=O)(=O)NCc2ccco2)c1. The highest BCUT2D eigenvalue weighted by molar-refractivity contribution is 7.89. The molecule has 1 heterocycles. The molecule has 0 atom stereocenters. The van der Waals surface area contributed by atoms with Crippen LogP contribution in [0.2, 0.25) is 0 Å². The number of carbonyl (C=O) groups excluding carboxylic acids is 1. The Morgan fingerprint density at radius 3 is 2.58 bits per heavy atom. The molecule has 0 saturated carbocycles. The normalized spacial score (nSPS) is 11.4. The first kappa shape index (κ1) is 20.6. The highest BCUT2D eigenvalue weighted by atomic mass is 32.2. The summed E-state index contributed by atoms with van der Waals surface area (Å²) in [4.78, 5) is 12.4. The van der Waals surface area contributed by atoms with E-state index in [-0.39, 0.29) is 18.0 Å². The fraction of sp³-hybridized carbons (Fsp3) is 0.0870. The van der Waals surface area contributed by atoms with Crippen LogP contribution < -0.4 is 14.8 Å². The van der Waals surface area contributed by atoms with Crippen LogP contribution >= 0.6 is 0 Å². The molecule has 0 aliphatic carbocycles. The Balaban J connectivity index is 1.39. The van der Waals surface area contributed by atoms with Gasteiger partial charge >= 0.3 is 0 Å². The fourth-order valence-electron chi connectivity index (χ4n) is 3.07. The van der Waals surface area contributed by atoms with Crippen LogP contribution in [0.1, 0.15) is 5.76 Å². The third-order valence-electron chi connectivity index (χ3n) is 4.55. The van der Waals surface area contributed by atoms with Crippen molar-refractivity contribution in [1.82, 2.24) is 4.72 Å². The maximum atomic E-state index is 12.5. The molecule has 2 N–H and O–H groups in total. The quantitative estimate of drug-likeness (QED) is 0.436. The summed E-state index contributed by atoms with van der Waals surface area (Å²) >= 11 is 0. The molecule has 31 heavy (non-hydrogen) atoms. The zero-order valence-electron chi connectivity index (χ0n) is 16.4. The van der Waals surface area contributed by atoms with Crippen molar-refractivity contribution in [2.45, 2.75) is 11.4 Å². The lowest BCUT2D eigenvalue weighted by molar-refractivity contribution is -0.118. The molecule has 0 saturated heterocycles. The Kier molecular flexibility index (Phi) is 6.01. The number of fused-ring (bicyclic) bond motifs is 1. The maximum absolute atomic E-state index is 12.5. The Hall–Kier alpha value is -3.62. The largest absolute Gasteiger partial charge is 0.483 e. The minimum Gasteiger partial charge on any atom is -0.483 e. The number of anilines is 1. The summed E-state index contributed by atoms with van der Waals surface area (Å²) in [6.45, 7) is -0.174. The van der Waals surface area contributed by atoms with E-state index in [0.717, 1.165) is 10.8 Å².